The molecule has 2 atom stereocenters. The number of hydrogen-bond acceptors (Lipinski definition) is 3. The first kappa shape index (κ1) is 17.0. The van der Waals surface area contributed by atoms with Crippen LogP contribution in [-0.2, 0) is 0 Å². The molecule has 4 rings (SSSR count). The van der Waals surface area contributed by atoms with Gasteiger partial charge in [-0.3, -0.25) is 4.90 Å². The second kappa shape index (κ2) is 7.06. The summed E-state index contributed by atoms with van der Waals surface area (Å²) < 4.78 is 0. The molecular weight excluding hydrogens is 355 g/mol. The van der Waals surface area contributed by atoms with Crippen molar-refractivity contribution in [3.05, 3.63) is 58.1 Å². The van der Waals surface area contributed by atoms with Gasteiger partial charge in [0.05, 0.1) is 5.02 Å². The van der Waals surface area contributed by atoms with Gasteiger partial charge in [0.1, 0.15) is 11.9 Å². The fraction of sp³-hybridized carbons (Fsp3) is 0.400. The van der Waals surface area contributed by atoms with Crippen molar-refractivity contribution in [3.8, 4) is 5.75 Å². The molecule has 5 heteroatoms. The zero-order valence-electron chi connectivity index (χ0n) is 14.0. The van der Waals surface area contributed by atoms with E-state index in [1.807, 2.05) is 12.1 Å². The first-order valence-corrected chi connectivity index (χ1v) is 9.66. The van der Waals surface area contributed by atoms with Crippen molar-refractivity contribution in [1.29, 1.82) is 0 Å². The molecule has 2 aliphatic rings. The number of phenols is 1. The number of fused-ring (bicyclic) bond motifs is 1. The molecule has 2 aromatic carbocycles. The number of aromatic hydroxyl groups is 1. The second-order valence-corrected chi connectivity index (χ2v) is 7.75. The molecule has 0 amide bonds. The summed E-state index contributed by atoms with van der Waals surface area (Å²) in [6.07, 6.45) is 4.78. The Bertz CT molecular complexity index is 753. The third-order valence-electron chi connectivity index (χ3n) is 5.41. The Morgan fingerprint density at radius 1 is 0.960 bits per heavy atom. The van der Waals surface area contributed by atoms with E-state index in [2.05, 4.69) is 34.1 Å². The Labute approximate surface area is 158 Å². The van der Waals surface area contributed by atoms with Crippen molar-refractivity contribution in [2.75, 3.05) is 18.0 Å². The van der Waals surface area contributed by atoms with Crippen molar-refractivity contribution < 1.29 is 5.11 Å². The molecule has 0 aliphatic carbocycles. The normalized spacial score (nSPS) is 24.2. The van der Waals surface area contributed by atoms with Crippen molar-refractivity contribution >= 4 is 28.9 Å². The standard InChI is InChI=1S/C20H22Cl2N2O/c21-14-12-17(19(25)18(22)13-14)20-23-10-5-4-8-16(23)9-11-24(20)15-6-2-1-3-7-15/h1-3,6-7,12-13,16,20,25H,4-5,8-11H2. The van der Waals surface area contributed by atoms with Crippen LogP contribution in [0.4, 0.5) is 5.69 Å². The molecule has 0 bridgehead atoms. The van der Waals surface area contributed by atoms with Crippen molar-refractivity contribution in [3.63, 3.8) is 0 Å². The van der Waals surface area contributed by atoms with E-state index in [1.54, 1.807) is 6.07 Å². The SMILES string of the molecule is Oc1c(Cl)cc(Cl)cc1C1N(c2ccccc2)CCC2CCCCN21. The zero-order chi connectivity index (χ0) is 17.4. The monoisotopic (exact) mass is 376 g/mol. The minimum Gasteiger partial charge on any atom is -0.506 e. The van der Waals surface area contributed by atoms with Crippen LogP contribution < -0.4 is 4.90 Å². The lowest BCUT2D eigenvalue weighted by Gasteiger charge is -2.51. The van der Waals surface area contributed by atoms with Gasteiger partial charge >= 0.3 is 0 Å². The van der Waals surface area contributed by atoms with Crippen molar-refractivity contribution in [2.24, 2.45) is 0 Å². The quantitative estimate of drug-likeness (QED) is 0.753. The maximum absolute atomic E-state index is 10.7. The summed E-state index contributed by atoms with van der Waals surface area (Å²) in [6.45, 7) is 1.99. The number of benzene rings is 2. The van der Waals surface area contributed by atoms with Gasteiger partial charge in [0.2, 0.25) is 0 Å². The molecule has 2 aromatic rings. The minimum absolute atomic E-state index is 0.0438. The van der Waals surface area contributed by atoms with Gasteiger partial charge in [-0.25, -0.2) is 0 Å². The Morgan fingerprint density at radius 3 is 2.56 bits per heavy atom. The first-order valence-electron chi connectivity index (χ1n) is 8.90. The topological polar surface area (TPSA) is 26.7 Å². The lowest BCUT2D eigenvalue weighted by atomic mass is 9.92. The smallest absolute Gasteiger partial charge is 0.140 e. The van der Waals surface area contributed by atoms with E-state index in [1.165, 1.54) is 19.3 Å². The molecule has 0 aromatic heterocycles. The molecule has 0 spiro atoms. The van der Waals surface area contributed by atoms with Gasteiger partial charge in [-0.15, -0.1) is 0 Å². The van der Waals surface area contributed by atoms with E-state index in [0.717, 1.165) is 30.8 Å². The summed E-state index contributed by atoms with van der Waals surface area (Å²) in [5.41, 5.74) is 1.96. The van der Waals surface area contributed by atoms with Crippen LogP contribution in [0.2, 0.25) is 10.0 Å². The van der Waals surface area contributed by atoms with E-state index < -0.39 is 0 Å². The van der Waals surface area contributed by atoms with Gasteiger partial charge in [0.25, 0.3) is 0 Å². The van der Waals surface area contributed by atoms with Gasteiger partial charge in [-0.2, -0.15) is 0 Å². The van der Waals surface area contributed by atoms with Gasteiger partial charge in [0.15, 0.2) is 0 Å². The number of rotatable bonds is 2. The summed E-state index contributed by atoms with van der Waals surface area (Å²) in [7, 11) is 0. The molecule has 2 fully saturated rings. The fourth-order valence-corrected chi connectivity index (χ4v) is 4.77. The summed E-state index contributed by atoms with van der Waals surface area (Å²) >= 11 is 12.5. The fourth-order valence-electron chi connectivity index (χ4n) is 4.26. The number of nitrogens with zero attached hydrogens (tertiary/aromatic N) is 2. The lowest BCUT2D eigenvalue weighted by Crippen LogP contribution is -2.54. The number of piperidine rings is 1. The van der Waals surface area contributed by atoms with Crippen LogP contribution in [0.15, 0.2) is 42.5 Å². The third-order valence-corrected chi connectivity index (χ3v) is 5.92. The number of para-hydroxylation sites is 1. The van der Waals surface area contributed by atoms with Gasteiger partial charge in [0, 0.05) is 35.4 Å². The number of phenolic OH excluding ortho intramolecular Hbond substituents is 1. The maximum atomic E-state index is 10.7. The predicted octanol–water partition coefficient (Wildman–Crippen LogP) is 5.46. The molecule has 132 valence electrons. The summed E-state index contributed by atoms with van der Waals surface area (Å²) in [4.78, 5) is 4.88. The Hall–Kier alpha value is -1.42. The van der Waals surface area contributed by atoms with Crippen LogP contribution in [0.1, 0.15) is 37.4 Å². The van der Waals surface area contributed by atoms with Crippen LogP contribution in [0.3, 0.4) is 0 Å². The molecule has 2 saturated heterocycles. The van der Waals surface area contributed by atoms with Crippen LogP contribution in [0, 0.1) is 0 Å². The highest BCUT2D eigenvalue weighted by Gasteiger charge is 2.39. The summed E-state index contributed by atoms with van der Waals surface area (Å²) in [5.74, 6) is 0.142. The van der Waals surface area contributed by atoms with Gasteiger partial charge in [-0.1, -0.05) is 47.8 Å². The van der Waals surface area contributed by atoms with Crippen LogP contribution in [0.25, 0.3) is 0 Å². The molecule has 3 nitrogen and oxygen atoms in total. The van der Waals surface area contributed by atoms with E-state index in [4.69, 9.17) is 23.2 Å². The molecule has 25 heavy (non-hydrogen) atoms. The van der Waals surface area contributed by atoms with E-state index in [-0.39, 0.29) is 11.9 Å². The summed E-state index contributed by atoms with van der Waals surface area (Å²) in [6, 6.07) is 14.4. The van der Waals surface area contributed by atoms with E-state index in [0.29, 0.717) is 16.1 Å². The van der Waals surface area contributed by atoms with E-state index in [9.17, 15) is 5.11 Å². The van der Waals surface area contributed by atoms with Gasteiger partial charge in [-0.05, 0) is 43.5 Å². The first-order chi connectivity index (χ1) is 12.1. The predicted molar refractivity (Wildman–Crippen MR) is 104 cm³/mol. The second-order valence-electron chi connectivity index (χ2n) is 6.90. The minimum atomic E-state index is -0.0438. The highest BCUT2D eigenvalue weighted by molar-refractivity contribution is 6.35. The average Bonchev–Trinajstić information content (AvgIpc) is 2.64. The zero-order valence-corrected chi connectivity index (χ0v) is 15.5. The van der Waals surface area contributed by atoms with Crippen LogP contribution in [-0.4, -0.2) is 29.1 Å². The number of hydrogen-bond donors (Lipinski definition) is 1. The van der Waals surface area contributed by atoms with E-state index >= 15 is 0 Å². The molecular formula is C20H22Cl2N2O. The highest BCUT2D eigenvalue weighted by atomic mass is 35.5. The maximum Gasteiger partial charge on any atom is 0.140 e. The molecule has 1 N–H and O–H groups in total. The van der Waals surface area contributed by atoms with Crippen molar-refractivity contribution in [2.45, 2.75) is 37.9 Å². The third kappa shape index (κ3) is 3.21. The average molecular weight is 377 g/mol. The highest BCUT2D eigenvalue weighted by Crippen LogP contribution is 2.44. The number of halogens is 2. The van der Waals surface area contributed by atoms with Crippen LogP contribution in [0.5, 0.6) is 5.75 Å². The lowest BCUT2D eigenvalue weighted by molar-refractivity contribution is 0.0604. The Morgan fingerprint density at radius 2 is 1.76 bits per heavy atom. The molecule has 2 heterocycles. The summed E-state index contributed by atoms with van der Waals surface area (Å²) in [5, 5.41) is 11.6. The van der Waals surface area contributed by atoms with Crippen molar-refractivity contribution in [1.82, 2.24) is 4.90 Å². The Kier molecular flexibility index (Phi) is 4.81. The number of anilines is 1. The molecule has 0 radical (unpaired) electrons. The molecule has 2 aliphatic heterocycles. The van der Waals surface area contributed by atoms with Crippen LogP contribution >= 0.6 is 23.2 Å². The van der Waals surface area contributed by atoms with Gasteiger partial charge < -0.3 is 10.0 Å². The Balaban J connectivity index is 1.82. The molecule has 0 saturated carbocycles. The molecule has 2 unspecified atom stereocenters. The largest absolute Gasteiger partial charge is 0.506 e.